The second kappa shape index (κ2) is 6.04. The lowest BCUT2D eigenvalue weighted by Gasteiger charge is -2.32. The van der Waals surface area contributed by atoms with Gasteiger partial charge in [-0.1, -0.05) is 15.9 Å². The summed E-state index contributed by atoms with van der Waals surface area (Å²) < 4.78 is 1.14. The molecule has 1 unspecified atom stereocenters. The lowest BCUT2D eigenvalue weighted by atomic mass is 10.1. The summed E-state index contributed by atoms with van der Waals surface area (Å²) in [6.45, 7) is 5.34. The Morgan fingerprint density at radius 1 is 1.39 bits per heavy atom. The lowest BCUT2D eigenvalue weighted by molar-refractivity contribution is 0.229. The van der Waals surface area contributed by atoms with E-state index in [1.807, 2.05) is 0 Å². The fourth-order valence-corrected chi connectivity index (χ4v) is 2.79. The van der Waals surface area contributed by atoms with Crippen molar-refractivity contribution < 1.29 is 5.11 Å². The maximum absolute atomic E-state index is 9.61. The molecule has 0 radical (unpaired) electrons. The Balaban J connectivity index is 2.25. The van der Waals surface area contributed by atoms with Gasteiger partial charge in [-0.3, -0.25) is 0 Å². The first-order valence-corrected chi connectivity index (χ1v) is 7.23. The van der Waals surface area contributed by atoms with E-state index in [0.29, 0.717) is 0 Å². The van der Waals surface area contributed by atoms with Gasteiger partial charge in [-0.2, -0.15) is 0 Å². The van der Waals surface area contributed by atoms with E-state index in [4.69, 9.17) is 0 Å². The molecule has 0 saturated carbocycles. The van der Waals surface area contributed by atoms with Crippen LogP contribution in [0.15, 0.2) is 22.7 Å². The zero-order chi connectivity index (χ0) is 13.1. The number of aliphatic hydroxyl groups excluding tert-OH is 1. The van der Waals surface area contributed by atoms with E-state index in [1.165, 1.54) is 11.3 Å². The normalized spacial score (nSPS) is 22.0. The number of aryl methyl sites for hydroxylation is 1. The highest BCUT2D eigenvalue weighted by Crippen LogP contribution is 2.25. The Morgan fingerprint density at radius 2 is 2.17 bits per heavy atom. The van der Waals surface area contributed by atoms with Gasteiger partial charge in [0, 0.05) is 23.2 Å². The fraction of sp³-hybridized carbons (Fsp3) is 0.571. The van der Waals surface area contributed by atoms with E-state index in [-0.39, 0.29) is 12.6 Å². The summed E-state index contributed by atoms with van der Waals surface area (Å²) in [6, 6.07) is 6.61. The van der Waals surface area contributed by atoms with Crippen molar-refractivity contribution in [2.24, 2.45) is 0 Å². The highest BCUT2D eigenvalue weighted by atomic mass is 79.9. The van der Waals surface area contributed by atoms with Crippen molar-refractivity contribution in [1.82, 2.24) is 4.90 Å². The van der Waals surface area contributed by atoms with E-state index in [2.05, 4.69) is 57.9 Å². The summed E-state index contributed by atoms with van der Waals surface area (Å²) in [7, 11) is 2.12. The Hall–Kier alpha value is -0.580. The predicted molar refractivity (Wildman–Crippen MR) is 79.2 cm³/mol. The second-order valence-electron chi connectivity index (χ2n) is 5.08. The maximum atomic E-state index is 9.61. The van der Waals surface area contributed by atoms with Gasteiger partial charge >= 0.3 is 0 Å². The van der Waals surface area contributed by atoms with Crippen molar-refractivity contribution in [3.8, 4) is 0 Å². The van der Waals surface area contributed by atoms with Crippen LogP contribution >= 0.6 is 15.9 Å². The van der Waals surface area contributed by atoms with Crippen molar-refractivity contribution in [3.63, 3.8) is 0 Å². The molecule has 4 heteroatoms. The standard InChI is InChI=1S/C14H21BrN2O/c1-11-8-12(4-5-14(11)15)17-7-3-6-16(2)9-13(17)10-18/h4-5,8,13,18H,3,6-7,9-10H2,1-2H3. The van der Waals surface area contributed by atoms with E-state index >= 15 is 0 Å². The molecule has 0 bridgehead atoms. The largest absolute Gasteiger partial charge is 0.394 e. The number of anilines is 1. The van der Waals surface area contributed by atoms with Gasteiger partial charge in [0.15, 0.2) is 0 Å². The number of hydrogen-bond donors (Lipinski definition) is 1. The average Bonchev–Trinajstić information content (AvgIpc) is 2.54. The van der Waals surface area contributed by atoms with Gasteiger partial charge in [-0.25, -0.2) is 0 Å². The van der Waals surface area contributed by atoms with Gasteiger partial charge in [0.2, 0.25) is 0 Å². The van der Waals surface area contributed by atoms with E-state index in [0.717, 1.165) is 30.5 Å². The molecule has 0 amide bonds. The molecule has 100 valence electrons. The molecular weight excluding hydrogens is 292 g/mol. The van der Waals surface area contributed by atoms with Crippen LogP contribution < -0.4 is 4.90 Å². The SMILES string of the molecule is Cc1cc(N2CCCN(C)CC2CO)ccc1Br. The number of rotatable bonds is 2. The third-order valence-corrected chi connectivity index (χ3v) is 4.48. The van der Waals surface area contributed by atoms with Crippen molar-refractivity contribution >= 4 is 21.6 Å². The zero-order valence-electron chi connectivity index (χ0n) is 11.1. The van der Waals surface area contributed by atoms with Crippen LogP contribution in [0.2, 0.25) is 0 Å². The van der Waals surface area contributed by atoms with Gasteiger partial charge in [-0.15, -0.1) is 0 Å². The Kier molecular flexibility index (Phi) is 4.65. The molecule has 0 aromatic heterocycles. The number of nitrogens with zero attached hydrogens (tertiary/aromatic N) is 2. The topological polar surface area (TPSA) is 26.7 Å². The fourth-order valence-electron chi connectivity index (χ4n) is 2.55. The first-order valence-electron chi connectivity index (χ1n) is 6.44. The summed E-state index contributed by atoms with van der Waals surface area (Å²) >= 11 is 3.53. The van der Waals surface area contributed by atoms with Crippen LogP contribution in [0.3, 0.4) is 0 Å². The molecule has 1 fully saturated rings. The number of hydrogen-bond acceptors (Lipinski definition) is 3. The summed E-state index contributed by atoms with van der Waals surface area (Å²) in [6.07, 6.45) is 1.14. The first-order chi connectivity index (χ1) is 8.61. The van der Waals surface area contributed by atoms with E-state index < -0.39 is 0 Å². The molecule has 1 atom stereocenters. The van der Waals surface area contributed by atoms with Crippen LogP contribution in [0.5, 0.6) is 0 Å². The summed E-state index contributed by atoms with van der Waals surface area (Å²) in [5, 5.41) is 9.61. The third-order valence-electron chi connectivity index (χ3n) is 3.59. The third kappa shape index (κ3) is 3.05. The van der Waals surface area contributed by atoms with Crippen molar-refractivity contribution in [3.05, 3.63) is 28.2 Å². The van der Waals surface area contributed by atoms with Gasteiger partial charge in [0.25, 0.3) is 0 Å². The summed E-state index contributed by atoms with van der Waals surface area (Å²) in [4.78, 5) is 4.63. The van der Waals surface area contributed by atoms with Crippen molar-refractivity contribution in [2.45, 2.75) is 19.4 Å². The molecule has 1 saturated heterocycles. The minimum absolute atomic E-state index is 0.193. The molecule has 1 aliphatic rings. The van der Waals surface area contributed by atoms with Crippen molar-refractivity contribution in [1.29, 1.82) is 0 Å². The maximum Gasteiger partial charge on any atom is 0.0647 e. The summed E-state index contributed by atoms with van der Waals surface area (Å²) in [5.74, 6) is 0. The molecule has 1 N–H and O–H groups in total. The monoisotopic (exact) mass is 312 g/mol. The van der Waals surface area contributed by atoms with Crippen LogP contribution in [0.25, 0.3) is 0 Å². The molecule has 1 aromatic rings. The predicted octanol–water partition coefficient (Wildman–Crippen LogP) is 2.26. The Bertz CT molecular complexity index is 411. The van der Waals surface area contributed by atoms with Gasteiger partial charge in [0.1, 0.15) is 0 Å². The van der Waals surface area contributed by atoms with Crippen molar-refractivity contribution in [2.75, 3.05) is 38.2 Å². The molecule has 1 aliphatic heterocycles. The molecule has 3 nitrogen and oxygen atoms in total. The Morgan fingerprint density at radius 3 is 2.83 bits per heavy atom. The minimum atomic E-state index is 0.193. The van der Waals surface area contributed by atoms with E-state index in [9.17, 15) is 5.11 Å². The first kappa shape index (κ1) is 13.8. The number of aliphatic hydroxyl groups is 1. The average molecular weight is 313 g/mol. The molecule has 1 aromatic carbocycles. The molecule has 1 heterocycles. The van der Waals surface area contributed by atoms with Gasteiger partial charge < -0.3 is 14.9 Å². The van der Waals surface area contributed by atoms with Crippen LogP contribution in [0.1, 0.15) is 12.0 Å². The minimum Gasteiger partial charge on any atom is -0.394 e. The molecular formula is C14H21BrN2O. The van der Waals surface area contributed by atoms with Crippen LogP contribution in [-0.4, -0.2) is 49.3 Å². The molecule has 18 heavy (non-hydrogen) atoms. The second-order valence-corrected chi connectivity index (χ2v) is 5.93. The van der Waals surface area contributed by atoms with Crippen LogP contribution in [0.4, 0.5) is 5.69 Å². The quantitative estimate of drug-likeness (QED) is 0.907. The lowest BCUT2D eigenvalue weighted by Crippen LogP contribution is -2.42. The highest BCUT2D eigenvalue weighted by Gasteiger charge is 2.23. The molecule has 2 rings (SSSR count). The van der Waals surface area contributed by atoms with Gasteiger partial charge in [-0.05, 0) is 50.7 Å². The van der Waals surface area contributed by atoms with Crippen LogP contribution in [0, 0.1) is 6.92 Å². The molecule has 0 aliphatic carbocycles. The number of benzene rings is 1. The van der Waals surface area contributed by atoms with E-state index in [1.54, 1.807) is 0 Å². The smallest absolute Gasteiger partial charge is 0.0647 e. The number of likely N-dealkylation sites (N-methyl/N-ethyl adjacent to an activating group) is 1. The van der Waals surface area contributed by atoms with Crippen LogP contribution in [-0.2, 0) is 0 Å². The van der Waals surface area contributed by atoms with Gasteiger partial charge in [0.05, 0.1) is 12.6 Å². The molecule has 0 spiro atoms. The Labute approximate surface area is 118 Å². The highest BCUT2D eigenvalue weighted by molar-refractivity contribution is 9.10. The summed E-state index contributed by atoms with van der Waals surface area (Å²) in [5.41, 5.74) is 2.45. The zero-order valence-corrected chi connectivity index (χ0v) is 12.7. The number of halogens is 1.